The van der Waals surface area contributed by atoms with Crippen molar-refractivity contribution in [1.82, 2.24) is 15.4 Å². The fourth-order valence-electron chi connectivity index (χ4n) is 3.93. The van der Waals surface area contributed by atoms with E-state index in [2.05, 4.69) is 10.3 Å². The van der Waals surface area contributed by atoms with E-state index in [0.29, 0.717) is 24.5 Å². The van der Waals surface area contributed by atoms with Gasteiger partial charge in [0.15, 0.2) is 5.13 Å². The topological polar surface area (TPSA) is 112 Å². The molecule has 2 atom stereocenters. The fraction of sp³-hybridized carbons (Fsp3) is 0.684. The Morgan fingerprint density at radius 3 is 2.75 bits per heavy atom. The summed E-state index contributed by atoms with van der Waals surface area (Å²) in [6.45, 7) is 4.44. The molecule has 0 aromatic carbocycles. The predicted octanol–water partition coefficient (Wildman–Crippen LogP) is 2.47. The number of hydrogen-bond acceptors (Lipinski definition) is 6. The number of hydrogen-bond donors (Lipinski definition) is 3. The number of amides is 3. The first-order valence-corrected chi connectivity index (χ1v) is 10.7. The molecule has 0 bridgehead atoms. The molecular weight excluding hydrogens is 380 g/mol. The van der Waals surface area contributed by atoms with E-state index in [1.807, 2.05) is 19.2 Å². The number of carbonyl (C=O) groups excluding carboxylic acids is 3. The molecule has 28 heavy (non-hydrogen) atoms. The van der Waals surface area contributed by atoms with Crippen LogP contribution in [-0.4, -0.2) is 45.4 Å². The first-order valence-electron chi connectivity index (χ1n) is 9.84. The Labute approximate surface area is 168 Å². The van der Waals surface area contributed by atoms with Crippen LogP contribution in [0.25, 0.3) is 0 Å². The largest absolute Gasteiger partial charge is 0.330 e. The second-order valence-electron chi connectivity index (χ2n) is 8.05. The standard InChI is InChI=1S/C19H28N4O4S/c1-3-4-5-13(8-15(24)22-27)17(26)23-11-19(6-7-19)9-14(23)16(25)21-18-20-12(2)10-28-18/h10,13-14,27H,3-9,11H2,1-2H3,(H,22,24)(H,20,21,25). The van der Waals surface area contributed by atoms with Crippen LogP contribution in [0.1, 0.15) is 57.6 Å². The molecule has 3 amide bonds. The fourth-order valence-corrected chi connectivity index (χ4v) is 4.62. The van der Waals surface area contributed by atoms with Gasteiger partial charge in [0.2, 0.25) is 17.7 Å². The van der Waals surface area contributed by atoms with Crippen molar-refractivity contribution in [2.45, 2.75) is 64.8 Å². The Kier molecular flexibility index (Phi) is 6.34. The minimum atomic E-state index is -0.575. The average molecular weight is 409 g/mol. The number of hydroxylamine groups is 1. The van der Waals surface area contributed by atoms with Crippen LogP contribution in [0.5, 0.6) is 0 Å². The van der Waals surface area contributed by atoms with Crippen molar-refractivity contribution in [3.05, 3.63) is 11.1 Å². The Morgan fingerprint density at radius 1 is 1.43 bits per heavy atom. The molecular formula is C19H28N4O4S. The number of thiazole rings is 1. The molecule has 1 aliphatic carbocycles. The molecule has 8 nitrogen and oxygen atoms in total. The van der Waals surface area contributed by atoms with E-state index in [-0.39, 0.29) is 23.7 Å². The second kappa shape index (κ2) is 8.57. The molecule has 154 valence electrons. The van der Waals surface area contributed by atoms with Gasteiger partial charge in [0.1, 0.15) is 6.04 Å². The molecule has 1 spiro atoms. The smallest absolute Gasteiger partial charge is 0.248 e. The van der Waals surface area contributed by atoms with Gasteiger partial charge in [-0.3, -0.25) is 19.6 Å². The van der Waals surface area contributed by atoms with Crippen molar-refractivity contribution in [1.29, 1.82) is 0 Å². The maximum atomic E-state index is 13.3. The number of rotatable bonds is 8. The van der Waals surface area contributed by atoms with E-state index < -0.39 is 17.9 Å². The Morgan fingerprint density at radius 2 is 2.18 bits per heavy atom. The second-order valence-corrected chi connectivity index (χ2v) is 8.91. The monoisotopic (exact) mass is 408 g/mol. The molecule has 9 heteroatoms. The lowest BCUT2D eigenvalue weighted by molar-refractivity contribution is -0.143. The third kappa shape index (κ3) is 4.70. The highest BCUT2D eigenvalue weighted by Crippen LogP contribution is 2.55. The van der Waals surface area contributed by atoms with Crippen molar-refractivity contribution in [3.8, 4) is 0 Å². The van der Waals surface area contributed by atoms with Crippen molar-refractivity contribution >= 4 is 34.2 Å². The molecule has 0 radical (unpaired) electrons. The summed E-state index contributed by atoms with van der Waals surface area (Å²) in [5.41, 5.74) is 2.51. The van der Waals surface area contributed by atoms with Gasteiger partial charge >= 0.3 is 0 Å². The lowest BCUT2D eigenvalue weighted by Crippen LogP contribution is -2.46. The molecule has 1 aromatic rings. The zero-order valence-corrected chi connectivity index (χ0v) is 17.2. The van der Waals surface area contributed by atoms with Crippen molar-refractivity contribution in [2.75, 3.05) is 11.9 Å². The number of anilines is 1. The molecule has 1 saturated carbocycles. The zero-order valence-electron chi connectivity index (χ0n) is 16.4. The van der Waals surface area contributed by atoms with Gasteiger partial charge in [-0.25, -0.2) is 10.5 Å². The van der Waals surface area contributed by atoms with E-state index in [1.165, 1.54) is 11.3 Å². The summed E-state index contributed by atoms with van der Waals surface area (Å²) in [7, 11) is 0. The maximum Gasteiger partial charge on any atom is 0.248 e. The van der Waals surface area contributed by atoms with Crippen molar-refractivity contribution in [3.63, 3.8) is 0 Å². The van der Waals surface area contributed by atoms with Crippen molar-refractivity contribution < 1.29 is 19.6 Å². The van der Waals surface area contributed by atoms with Gasteiger partial charge in [0.05, 0.1) is 5.69 Å². The molecule has 1 saturated heterocycles. The van der Waals surface area contributed by atoms with Crippen LogP contribution in [0.2, 0.25) is 0 Å². The van der Waals surface area contributed by atoms with Crippen LogP contribution in [0.15, 0.2) is 5.38 Å². The molecule has 1 aromatic heterocycles. The van der Waals surface area contributed by atoms with E-state index in [4.69, 9.17) is 5.21 Å². The molecule has 1 aliphatic heterocycles. The molecule has 2 aliphatic rings. The van der Waals surface area contributed by atoms with Crippen LogP contribution in [0.4, 0.5) is 5.13 Å². The van der Waals surface area contributed by atoms with E-state index in [0.717, 1.165) is 31.4 Å². The highest BCUT2D eigenvalue weighted by atomic mass is 32.1. The van der Waals surface area contributed by atoms with Crippen molar-refractivity contribution in [2.24, 2.45) is 11.3 Å². The average Bonchev–Trinajstić information content (AvgIpc) is 3.12. The van der Waals surface area contributed by atoms with Gasteiger partial charge in [0, 0.05) is 24.3 Å². The van der Waals surface area contributed by atoms with E-state index in [1.54, 1.807) is 10.4 Å². The van der Waals surface area contributed by atoms with Crippen LogP contribution in [0, 0.1) is 18.3 Å². The molecule has 3 rings (SSSR count). The lowest BCUT2D eigenvalue weighted by Gasteiger charge is -2.28. The predicted molar refractivity (Wildman–Crippen MR) is 105 cm³/mol. The van der Waals surface area contributed by atoms with Crippen LogP contribution in [0.3, 0.4) is 0 Å². The third-order valence-corrected chi connectivity index (χ3v) is 6.59. The quantitative estimate of drug-likeness (QED) is 0.452. The summed E-state index contributed by atoms with van der Waals surface area (Å²) in [6.07, 6.45) is 4.90. The van der Waals surface area contributed by atoms with Gasteiger partial charge in [-0.05, 0) is 38.0 Å². The van der Waals surface area contributed by atoms with Crippen LogP contribution in [-0.2, 0) is 14.4 Å². The van der Waals surface area contributed by atoms with Gasteiger partial charge in [-0.15, -0.1) is 11.3 Å². The van der Waals surface area contributed by atoms with Gasteiger partial charge in [-0.2, -0.15) is 0 Å². The first kappa shape index (κ1) is 20.7. The molecule has 3 N–H and O–H groups in total. The van der Waals surface area contributed by atoms with E-state index in [9.17, 15) is 14.4 Å². The number of unbranched alkanes of at least 4 members (excludes halogenated alkanes) is 1. The molecule has 2 heterocycles. The number of nitrogens with one attached hydrogen (secondary N) is 2. The normalized spacial score (nSPS) is 20.8. The summed E-state index contributed by atoms with van der Waals surface area (Å²) in [5.74, 6) is -1.49. The Hall–Kier alpha value is -2.00. The summed E-state index contributed by atoms with van der Waals surface area (Å²) in [5, 5.41) is 14.1. The minimum absolute atomic E-state index is 0.0466. The van der Waals surface area contributed by atoms with E-state index >= 15 is 0 Å². The zero-order chi connectivity index (χ0) is 20.3. The summed E-state index contributed by atoms with van der Waals surface area (Å²) >= 11 is 1.36. The first-order chi connectivity index (χ1) is 13.4. The number of likely N-dealkylation sites (tertiary alicyclic amines) is 1. The third-order valence-electron chi connectivity index (χ3n) is 5.71. The lowest BCUT2D eigenvalue weighted by atomic mass is 9.96. The summed E-state index contributed by atoms with van der Waals surface area (Å²) in [6, 6.07) is -0.541. The minimum Gasteiger partial charge on any atom is -0.330 e. The molecule has 2 unspecified atom stereocenters. The number of carbonyl (C=O) groups is 3. The summed E-state index contributed by atoms with van der Waals surface area (Å²) < 4.78 is 0. The molecule has 2 fully saturated rings. The number of aryl methyl sites for hydroxylation is 1. The van der Waals surface area contributed by atoms with Crippen LogP contribution < -0.4 is 10.8 Å². The summed E-state index contributed by atoms with van der Waals surface area (Å²) in [4.78, 5) is 43.8. The highest BCUT2D eigenvalue weighted by Gasteiger charge is 2.55. The SMILES string of the molecule is CCCCC(CC(=O)NO)C(=O)N1CC2(CC2)CC1C(=O)Nc1nc(C)cs1. The number of aromatic nitrogens is 1. The van der Waals surface area contributed by atoms with Crippen LogP contribution >= 0.6 is 11.3 Å². The van der Waals surface area contributed by atoms with Gasteiger partial charge in [-0.1, -0.05) is 19.8 Å². The Balaban J connectivity index is 1.74. The Bertz CT molecular complexity index is 746. The highest BCUT2D eigenvalue weighted by molar-refractivity contribution is 7.13. The van der Waals surface area contributed by atoms with Gasteiger partial charge < -0.3 is 10.2 Å². The maximum absolute atomic E-state index is 13.3. The van der Waals surface area contributed by atoms with Gasteiger partial charge in [0.25, 0.3) is 0 Å². The number of nitrogens with zero attached hydrogens (tertiary/aromatic N) is 2.